The van der Waals surface area contributed by atoms with Crippen LogP contribution >= 0.6 is 27.5 Å². The van der Waals surface area contributed by atoms with Crippen molar-refractivity contribution in [2.45, 2.75) is 12.8 Å². The maximum Gasteiger partial charge on any atom is 0.252 e. The van der Waals surface area contributed by atoms with Crippen molar-refractivity contribution in [3.63, 3.8) is 0 Å². The smallest absolute Gasteiger partial charge is 0.252 e. The summed E-state index contributed by atoms with van der Waals surface area (Å²) in [5.41, 5.74) is 0.488. The lowest BCUT2D eigenvalue weighted by Gasteiger charge is -2.09. The van der Waals surface area contributed by atoms with E-state index >= 15 is 0 Å². The van der Waals surface area contributed by atoms with Crippen LogP contribution in [0.25, 0.3) is 0 Å². The van der Waals surface area contributed by atoms with E-state index < -0.39 is 0 Å². The Hall–Kier alpha value is -2.12. The Morgan fingerprint density at radius 2 is 2.00 bits per heavy atom. The summed E-state index contributed by atoms with van der Waals surface area (Å²) in [6.07, 6.45) is 4.00. The normalized spacial score (nSPS) is 10.2. The van der Waals surface area contributed by atoms with Gasteiger partial charge in [-0.2, -0.15) is 0 Å². The number of ether oxygens (including phenoxy) is 1. The number of nitrogens with zero attached hydrogens (tertiary/aromatic N) is 1. The fourth-order valence-electron chi connectivity index (χ4n) is 2.07. The molecule has 0 aliphatic heterocycles. The molecule has 0 fully saturated rings. The Kier molecular flexibility index (Phi) is 8.37. The number of aromatic nitrogens is 1. The van der Waals surface area contributed by atoms with Crippen LogP contribution in [0.3, 0.4) is 0 Å². The minimum absolute atomic E-state index is 0.0915. The quantitative estimate of drug-likeness (QED) is 0.587. The molecule has 6 nitrogen and oxygen atoms in total. The summed E-state index contributed by atoms with van der Waals surface area (Å²) in [5.74, 6) is 0.284. The molecule has 0 atom stereocenters. The number of hydrogen-bond donors (Lipinski definition) is 2. The lowest BCUT2D eigenvalue weighted by atomic mass is 10.2. The third kappa shape index (κ3) is 7.01. The van der Waals surface area contributed by atoms with Gasteiger partial charge in [-0.25, -0.2) is 0 Å². The van der Waals surface area contributed by atoms with E-state index in [4.69, 9.17) is 16.3 Å². The summed E-state index contributed by atoms with van der Waals surface area (Å²) in [7, 11) is 0. The van der Waals surface area contributed by atoms with E-state index in [0.717, 1.165) is 4.47 Å². The summed E-state index contributed by atoms with van der Waals surface area (Å²) in [4.78, 5) is 27.4. The van der Waals surface area contributed by atoms with E-state index in [1.807, 2.05) is 6.07 Å². The van der Waals surface area contributed by atoms with Gasteiger partial charge >= 0.3 is 0 Å². The van der Waals surface area contributed by atoms with Crippen LogP contribution in [0.1, 0.15) is 23.2 Å². The number of nitrogens with one attached hydrogen (secondary N) is 2. The van der Waals surface area contributed by atoms with Crippen molar-refractivity contribution in [2.24, 2.45) is 0 Å². The lowest BCUT2D eigenvalue weighted by Crippen LogP contribution is -2.34. The third-order valence-electron chi connectivity index (χ3n) is 3.36. The summed E-state index contributed by atoms with van der Waals surface area (Å²) in [6.45, 7) is 1.11. The minimum Gasteiger partial charge on any atom is -0.492 e. The summed E-state index contributed by atoms with van der Waals surface area (Å²) >= 11 is 9.38. The largest absolute Gasteiger partial charge is 0.492 e. The number of benzene rings is 1. The molecule has 26 heavy (non-hydrogen) atoms. The van der Waals surface area contributed by atoms with Gasteiger partial charge in [0.05, 0.1) is 17.2 Å². The van der Waals surface area contributed by atoms with E-state index in [1.54, 1.807) is 30.5 Å². The molecular formula is C18H19BrClN3O3. The van der Waals surface area contributed by atoms with Crippen LogP contribution < -0.4 is 15.4 Å². The van der Waals surface area contributed by atoms with E-state index in [9.17, 15) is 9.59 Å². The van der Waals surface area contributed by atoms with Crippen molar-refractivity contribution in [1.82, 2.24) is 15.6 Å². The molecule has 0 bridgehead atoms. The first-order valence-electron chi connectivity index (χ1n) is 8.09. The van der Waals surface area contributed by atoms with E-state index in [2.05, 4.69) is 31.5 Å². The maximum atomic E-state index is 11.8. The number of rotatable bonds is 9. The van der Waals surface area contributed by atoms with Crippen LogP contribution in [0.4, 0.5) is 0 Å². The van der Waals surface area contributed by atoms with Gasteiger partial charge in [0.1, 0.15) is 5.75 Å². The number of pyridine rings is 1. The van der Waals surface area contributed by atoms with Crippen molar-refractivity contribution in [3.8, 4) is 5.75 Å². The molecule has 0 saturated carbocycles. The molecule has 2 rings (SSSR count). The molecule has 1 aromatic heterocycles. The molecule has 0 unspecified atom stereocenters. The Balaban J connectivity index is 1.56. The number of halogens is 2. The molecule has 1 aromatic carbocycles. The van der Waals surface area contributed by atoms with E-state index in [1.165, 1.54) is 6.20 Å². The van der Waals surface area contributed by atoms with Gasteiger partial charge in [0.25, 0.3) is 5.91 Å². The Morgan fingerprint density at radius 1 is 1.19 bits per heavy atom. The molecule has 0 saturated heterocycles. The number of carbonyl (C=O) groups excluding carboxylic acids is 2. The minimum atomic E-state index is -0.216. The first-order valence-corrected chi connectivity index (χ1v) is 9.26. The topological polar surface area (TPSA) is 80.3 Å². The highest BCUT2D eigenvalue weighted by atomic mass is 79.9. The van der Waals surface area contributed by atoms with Crippen LogP contribution in [-0.4, -0.2) is 36.5 Å². The Labute approximate surface area is 165 Å². The van der Waals surface area contributed by atoms with E-state index in [-0.39, 0.29) is 11.8 Å². The molecule has 2 aromatic rings. The summed E-state index contributed by atoms with van der Waals surface area (Å²) in [6, 6.07) is 8.74. The highest BCUT2D eigenvalue weighted by Crippen LogP contribution is 2.27. The average molecular weight is 441 g/mol. The predicted octanol–water partition coefficient (Wildman–Crippen LogP) is 3.20. The van der Waals surface area contributed by atoms with E-state index in [0.29, 0.717) is 48.9 Å². The molecule has 0 spiro atoms. The Bertz CT molecular complexity index is 744. The number of carbonyl (C=O) groups is 2. The van der Waals surface area contributed by atoms with Gasteiger partial charge in [0.15, 0.2) is 0 Å². The van der Waals surface area contributed by atoms with Crippen molar-refractivity contribution in [1.29, 1.82) is 0 Å². The van der Waals surface area contributed by atoms with Crippen LogP contribution in [0.2, 0.25) is 5.02 Å². The maximum absolute atomic E-state index is 11.8. The SMILES string of the molecule is O=C(CCCOc1ccc(Br)cc1Cl)NCCNC(=O)c1cccnc1. The molecule has 2 N–H and O–H groups in total. The van der Waals surface area contributed by atoms with Gasteiger partial charge in [0, 0.05) is 36.4 Å². The lowest BCUT2D eigenvalue weighted by molar-refractivity contribution is -0.121. The summed E-state index contributed by atoms with van der Waals surface area (Å²) in [5, 5.41) is 5.99. The zero-order chi connectivity index (χ0) is 18.8. The number of amides is 2. The van der Waals surface area contributed by atoms with Crippen LogP contribution in [-0.2, 0) is 4.79 Å². The van der Waals surface area contributed by atoms with Gasteiger partial charge in [-0.1, -0.05) is 27.5 Å². The van der Waals surface area contributed by atoms with Gasteiger partial charge in [-0.15, -0.1) is 0 Å². The van der Waals surface area contributed by atoms with Crippen LogP contribution in [0, 0.1) is 0 Å². The Morgan fingerprint density at radius 3 is 2.73 bits per heavy atom. The van der Waals surface area contributed by atoms with Gasteiger partial charge in [-0.3, -0.25) is 14.6 Å². The second-order valence-corrected chi connectivity index (χ2v) is 6.70. The molecular weight excluding hydrogens is 422 g/mol. The molecule has 0 radical (unpaired) electrons. The van der Waals surface area contributed by atoms with Gasteiger partial charge < -0.3 is 15.4 Å². The third-order valence-corrected chi connectivity index (χ3v) is 4.14. The van der Waals surface area contributed by atoms with Crippen molar-refractivity contribution >= 4 is 39.3 Å². The number of hydrogen-bond acceptors (Lipinski definition) is 4. The van der Waals surface area contributed by atoms with Crippen LogP contribution in [0.5, 0.6) is 5.75 Å². The first kappa shape index (κ1) is 20.2. The highest BCUT2D eigenvalue weighted by molar-refractivity contribution is 9.10. The fraction of sp³-hybridized carbons (Fsp3) is 0.278. The second-order valence-electron chi connectivity index (χ2n) is 5.37. The molecule has 1 heterocycles. The van der Waals surface area contributed by atoms with Gasteiger partial charge in [-0.05, 0) is 36.8 Å². The first-order chi connectivity index (χ1) is 12.6. The zero-order valence-electron chi connectivity index (χ0n) is 14.0. The van der Waals surface area contributed by atoms with Crippen molar-refractivity contribution in [2.75, 3.05) is 19.7 Å². The fourth-order valence-corrected chi connectivity index (χ4v) is 2.80. The predicted molar refractivity (Wildman–Crippen MR) is 103 cm³/mol. The standard InChI is InChI=1S/C18H19BrClN3O3/c19-14-5-6-16(15(20)11-14)26-10-2-4-17(24)22-8-9-23-18(25)13-3-1-7-21-12-13/h1,3,5-7,11-12H,2,4,8-10H2,(H,22,24)(H,23,25). The molecule has 0 aliphatic rings. The van der Waals surface area contributed by atoms with Crippen molar-refractivity contribution < 1.29 is 14.3 Å². The molecule has 138 valence electrons. The van der Waals surface area contributed by atoms with Crippen molar-refractivity contribution in [3.05, 3.63) is 57.8 Å². The highest BCUT2D eigenvalue weighted by Gasteiger charge is 2.06. The zero-order valence-corrected chi connectivity index (χ0v) is 16.3. The molecule has 8 heteroatoms. The van der Waals surface area contributed by atoms with Crippen LogP contribution in [0.15, 0.2) is 47.2 Å². The second kappa shape index (κ2) is 10.8. The molecule has 2 amide bonds. The molecule has 0 aliphatic carbocycles. The van der Waals surface area contributed by atoms with Gasteiger partial charge in [0.2, 0.25) is 5.91 Å². The monoisotopic (exact) mass is 439 g/mol. The average Bonchev–Trinajstić information content (AvgIpc) is 2.64. The summed E-state index contributed by atoms with van der Waals surface area (Å²) < 4.78 is 6.43.